The van der Waals surface area contributed by atoms with Gasteiger partial charge in [0.05, 0.1) is 13.2 Å². The van der Waals surface area contributed by atoms with E-state index in [0.29, 0.717) is 26.4 Å². The maximum atomic E-state index is 10.4. The summed E-state index contributed by atoms with van der Waals surface area (Å²) < 4.78 is 14.0. The average molecular weight is 244 g/mol. The third kappa shape index (κ3) is 17.0. The molecule has 5 heteroatoms. The molecule has 0 aliphatic carbocycles. The van der Waals surface area contributed by atoms with Gasteiger partial charge < -0.3 is 14.2 Å². The summed E-state index contributed by atoms with van der Waals surface area (Å²) in [7, 11) is 0. The van der Waals surface area contributed by atoms with Gasteiger partial charge in [0.1, 0.15) is 6.61 Å². The molecule has 0 aliphatic rings. The molecule has 0 N–H and O–H groups in total. The van der Waals surface area contributed by atoms with Gasteiger partial charge in [-0.3, -0.25) is 0 Å². The third-order valence-electron chi connectivity index (χ3n) is 1.30. The Morgan fingerprint density at radius 1 is 0.941 bits per heavy atom. The molecule has 0 aromatic carbocycles. The van der Waals surface area contributed by atoms with Crippen LogP contribution in [0.15, 0.2) is 25.3 Å². The SMILES string of the molecule is C=CC(=O)OCC.C=CC(=O)OCCOCC. The molecule has 0 aromatic rings. The number of carbonyl (C=O) groups excluding carboxylic acids is 2. The summed E-state index contributed by atoms with van der Waals surface area (Å²) in [5.74, 6) is -0.762. The van der Waals surface area contributed by atoms with Crippen LogP contribution in [-0.2, 0) is 23.8 Å². The fourth-order valence-electron chi connectivity index (χ4n) is 0.606. The number of carbonyl (C=O) groups is 2. The van der Waals surface area contributed by atoms with Crippen molar-refractivity contribution in [1.29, 1.82) is 0 Å². The Morgan fingerprint density at radius 3 is 1.82 bits per heavy atom. The Kier molecular flexibility index (Phi) is 15.0. The van der Waals surface area contributed by atoms with Gasteiger partial charge >= 0.3 is 11.9 Å². The van der Waals surface area contributed by atoms with Crippen LogP contribution in [0.5, 0.6) is 0 Å². The minimum atomic E-state index is -0.403. The predicted octanol–water partition coefficient (Wildman–Crippen LogP) is 1.49. The fraction of sp³-hybridized carbons (Fsp3) is 0.500. The standard InChI is InChI=1S/C7H12O3.C5H8O2/c1-3-7(8)10-6-5-9-4-2;1-3-5(6)7-4-2/h3H,1,4-6H2,2H3;3H,1,4H2,2H3. The van der Waals surface area contributed by atoms with E-state index in [1.165, 1.54) is 0 Å². The van der Waals surface area contributed by atoms with Crippen LogP contribution >= 0.6 is 0 Å². The van der Waals surface area contributed by atoms with Crippen molar-refractivity contribution in [3.05, 3.63) is 25.3 Å². The summed E-state index contributed by atoms with van der Waals surface area (Å²) >= 11 is 0. The van der Waals surface area contributed by atoms with Gasteiger partial charge in [0.25, 0.3) is 0 Å². The second-order valence-corrected chi connectivity index (χ2v) is 2.52. The molecule has 0 aliphatic heterocycles. The van der Waals surface area contributed by atoms with E-state index in [4.69, 9.17) is 4.74 Å². The molecule has 0 aromatic heterocycles. The number of esters is 2. The van der Waals surface area contributed by atoms with E-state index in [9.17, 15) is 9.59 Å². The number of hydrogen-bond acceptors (Lipinski definition) is 5. The zero-order valence-corrected chi connectivity index (χ0v) is 10.4. The summed E-state index contributed by atoms with van der Waals surface area (Å²) in [5.41, 5.74) is 0. The van der Waals surface area contributed by atoms with Gasteiger partial charge in [-0.05, 0) is 13.8 Å². The van der Waals surface area contributed by atoms with Crippen molar-refractivity contribution in [2.75, 3.05) is 26.4 Å². The van der Waals surface area contributed by atoms with Crippen molar-refractivity contribution >= 4 is 11.9 Å². The Labute approximate surface area is 102 Å². The topological polar surface area (TPSA) is 61.8 Å². The molecule has 0 spiro atoms. The first-order valence-corrected chi connectivity index (χ1v) is 5.28. The minimum absolute atomic E-state index is 0.304. The Hall–Kier alpha value is -1.62. The molecule has 5 nitrogen and oxygen atoms in total. The molecule has 0 bridgehead atoms. The first-order valence-electron chi connectivity index (χ1n) is 5.28. The van der Waals surface area contributed by atoms with E-state index in [2.05, 4.69) is 22.6 Å². The Bertz CT molecular complexity index is 235. The molecule has 17 heavy (non-hydrogen) atoms. The highest BCUT2D eigenvalue weighted by Gasteiger charge is 1.92. The highest BCUT2D eigenvalue weighted by molar-refractivity contribution is 5.81. The van der Waals surface area contributed by atoms with Gasteiger partial charge in [-0.15, -0.1) is 0 Å². The number of ether oxygens (including phenoxy) is 3. The first kappa shape index (κ1) is 17.8. The van der Waals surface area contributed by atoms with Crippen LogP contribution in [0.2, 0.25) is 0 Å². The molecule has 0 saturated carbocycles. The quantitative estimate of drug-likeness (QED) is 0.386. The van der Waals surface area contributed by atoms with Gasteiger partial charge in [0, 0.05) is 18.8 Å². The smallest absolute Gasteiger partial charge is 0.330 e. The maximum Gasteiger partial charge on any atom is 0.330 e. The lowest BCUT2D eigenvalue weighted by Gasteiger charge is -2.00. The normalized spacial score (nSPS) is 8.35. The molecule has 0 radical (unpaired) electrons. The summed E-state index contributed by atoms with van der Waals surface area (Å²) in [6.45, 7) is 11.9. The second-order valence-electron chi connectivity index (χ2n) is 2.52. The highest BCUT2D eigenvalue weighted by atomic mass is 16.6. The van der Waals surface area contributed by atoms with Crippen molar-refractivity contribution in [3.63, 3.8) is 0 Å². The molecule has 0 amide bonds. The van der Waals surface area contributed by atoms with E-state index in [0.717, 1.165) is 12.2 Å². The lowest BCUT2D eigenvalue weighted by Crippen LogP contribution is -2.07. The zero-order valence-electron chi connectivity index (χ0n) is 10.4. The van der Waals surface area contributed by atoms with Crippen molar-refractivity contribution in [2.24, 2.45) is 0 Å². The van der Waals surface area contributed by atoms with Gasteiger partial charge in [0.15, 0.2) is 0 Å². The fourth-order valence-corrected chi connectivity index (χ4v) is 0.606. The summed E-state index contributed by atoms with van der Waals surface area (Å²) in [4.78, 5) is 20.5. The summed E-state index contributed by atoms with van der Waals surface area (Å²) in [6.07, 6.45) is 2.27. The molecule has 0 saturated heterocycles. The predicted molar refractivity (Wildman–Crippen MR) is 64.5 cm³/mol. The van der Waals surface area contributed by atoms with E-state index in [1.54, 1.807) is 6.92 Å². The van der Waals surface area contributed by atoms with Crippen LogP contribution in [0.1, 0.15) is 13.8 Å². The lowest BCUT2D eigenvalue weighted by molar-refractivity contribution is -0.139. The van der Waals surface area contributed by atoms with Crippen molar-refractivity contribution in [1.82, 2.24) is 0 Å². The third-order valence-corrected chi connectivity index (χ3v) is 1.30. The summed E-state index contributed by atoms with van der Waals surface area (Å²) in [5, 5.41) is 0. The molecule has 0 fully saturated rings. The van der Waals surface area contributed by atoms with Gasteiger partial charge in [-0.1, -0.05) is 13.2 Å². The van der Waals surface area contributed by atoms with E-state index in [-0.39, 0.29) is 5.97 Å². The minimum Gasteiger partial charge on any atom is -0.463 e. The van der Waals surface area contributed by atoms with E-state index in [1.807, 2.05) is 6.92 Å². The van der Waals surface area contributed by atoms with Crippen LogP contribution in [-0.4, -0.2) is 38.4 Å². The van der Waals surface area contributed by atoms with Crippen LogP contribution in [0.3, 0.4) is 0 Å². The van der Waals surface area contributed by atoms with Crippen molar-refractivity contribution in [2.45, 2.75) is 13.8 Å². The second kappa shape index (κ2) is 14.4. The Morgan fingerprint density at radius 2 is 1.47 bits per heavy atom. The number of hydrogen-bond donors (Lipinski definition) is 0. The van der Waals surface area contributed by atoms with Crippen LogP contribution in [0.25, 0.3) is 0 Å². The largest absolute Gasteiger partial charge is 0.463 e. The molecule has 0 atom stereocenters. The summed E-state index contributed by atoms with van der Waals surface area (Å²) in [6, 6.07) is 0. The van der Waals surface area contributed by atoms with Gasteiger partial charge in [-0.2, -0.15) is 0 Å². The van der Waals surface area contributed by atoms with Crippen molar-refractivity contribution in [3.8, 4) is 0 Å². The van der Waals surface area contributed by atoms with Gasteiger partial charge in [0.2, 0.25) is 0 Å². The van der Waals surface area contributed by atoms with Crippen LogP contribution < -0.4 is 0 Å². The highest BCUT2D eigenvalue weighted by Crippen LogP contribution is 1.80. The molecular formula is C12H20O5. The van der Waals surface area contributed by atoms with Crippen LogP contribution in [0, 0.1) is 0 Å². The molecule has 0 rings (SSSR count). The molecule has 0 unspecified atom stereocenters. The molecule has 0 heterocycles. The van der Waals surface area contributed by atoms with E-state index >= 15 is 0 Å². The van der Waals surface area contributed by atoms with Gasteiger partial charge in [-0.25, -0.2) is 9.59 Å². The Balaban J connectivity index is 0. The lowest BCUT2D eigenvalue weighted by atomic mass is 10.6. The van der Waals surface area contributed by atoms with Crippen LogP contribution in [0.4, 0.5) is 0 Å². The average Bonchev–Trinajstić information content (AvgIpc) is 2.35. The molecule has 98 valence electrons. The number of rotatable bonds is 7. The van der Waals surface area contributed by atoms with E-state index < -0.39 is 5.97 Å². The maximum absolute atomic E-state index is 10.4. The monoisotopic (exact) mass is 244 g/mol. The zero-order chi connectivity index (χ0) is 13.5. The first-order chi connectivity index (χ1) is 8.12. The van der Waals surface area contributed by atoms with Crippen molar-refractivity contribution < 1.29 is 23.8 Å². The molecular weight excluding hydrogens is 224 g/mol.